The lowest BCUT2D eigenvalue weighted by Gasteiger charge is -2.38. The molecule has 1 aliphatic carbocycles. The largest absolute Gasteiger partial charge is 0.365 e. The van der Waals surface area contributed by atoms with Crippen LogP contribution >= 0.6 is 22.6 Å². The van der Waals surface area contributed by atoms with Gasteiger partial charge in [-0.2, -0.15) is 5.10 Å². The van der Waals surface area contributed by atoms with E-state index in [2.05, 4.69) is 67.0 Å². The van der Waals surface area contributed by atoms with Crippen molar-refractivity contribution in [1.82, 2.24) is 14.7 Å². The molecule has 2 aliphatic rings. The molecule has 1 saturated heterocycles. The lowest BCUT2D eigenvalue weighted by atomic mass is 9.87. The molecule has 0 unspecified atom stereocenters. The van der Waals surface area contributed by atoms with Gasteiger partial charge in [0.15, 0.2) is 5.82 Å². The van der Waals surface area contributed by atoms with Gasteiger partial charge in [0.2, 0.25) is 12.5 Å². The highest BCUT2D eigenvalue weighted by Gasteiger charge is 2.41. The van der Waals surface area contributed by atoms with Crippen molar-refractivity contribution in [3.8, 4) is 0 Å². The fraction of sp³-hybridized carbons (Fsp3) is 0.455. The Hall–Kier alpha value is -2.45. The number of benzene rings is 1. The van der Waals surface area contributed by atoms with Crippen molar-refractivity contribution in [3.63, 3.8) is 0 Å². The minimum atomic E-state index is -0.633. The van der Waals surface area contributed by atoms with E-state index in [0.717, 1.165) is 45.3 Å². The van der Waals surface area contributed by atoms with E-state index in [0.29, 0.717) is 0 Å². The van der Waals surface area contributed by atoms with E-state index in [-0.39, 0.29) is 29.8 Å². The highest BCUT2D eigenvalue weighted by atomic mass is 127. The number of likely N-dealkylation sites (tertiary alicyclic amines) is 1. The zero-order chi connectivity index (χ0) is 22.0. The van der Waals surface area contributed by atoms with Crippen LogP contribution in [0.3, 0.4) is 0 Å². The Morgan fingerprint density at radius 2 is 1.94 bits per heavy atom. The van der Waals surface area contributed by atoms with E-state index >= 15 is 0 Å². The van der Waals surface area contributed by atoms with E-state index < -0.39 is 11.4 Å². The number of carbonyl (C=O) groups excluding carboxylic acids is 2. The number of nitrogens with two attached hydrogens (primary N) is 1. The number of piperidine rings is 1. The summed E-state index contributed by atoms with van der Waals surface area (Å²) in [5.41, 5.74) is 6.49. The number of rotatable bonds is 7. The van der Waals surface area contributed by atoms with Gasteiger partial charge < -0.3 is 15.9 Å². The van der Waals surface area contributed by atoms with Gasteiger partial charge >= 0.3 is 0 Å². The molecule has 2 amide bonds. The number of nitrogens with one attached hydrogen (secondary N) is 1. The molecule has 2 fully saturated rings. The first-order valence-electron chi connectivity index (χ1n) is 10.4. The first-order valence-corrected chi connectivity index (χ1v) is 11.5. The molecule has 1 aromatic carbocycles. The number of anilines is 1. The summed E-state index contributed by atoms with van der Waals surface area (Å²) in [6.45, 7) is 10.3. The van der Waals surface area contributed by atoms with Crippen molar-refractivity contribution in [2.75, 3.05) is 25.0 Å². The molecule has 1 aromatic heterocycles. The Kier molecular flexibility index (Phi) is 6.29. The van der Waals surface area contributed by atoms with Gasteiger partial charge in [0.25, 0.3) is 5.91 Å². The van der Waals surface area contributed by atoms with Crippen molar-refractivity contribution in [3.05, 3.63) is 56.6 Å². The molecular weight excluding hydrogens is 507 g/mol. The van der Waals surface area contributed by atoms with Gasteiger partial charge in [-0.15, -0.1) is 0 Å². The zero-order valence-corrected chi connectivity index (χ0v) is 19.3. The van der Waals surface area contributed by atoms with Crippen molar-refractivity contribution in [2.24, 2.45) is 11.7 Å². The predicted molar refractivity (Wildman–Crippen MR) is 125 cm³/mol. The Labute approximate surface area is 195 Å². The lowest BCUT2D eigenvalue weighted by Crippen LogP contribution is -2.47. The maximum absolute atomic E-state index is 12.2. The van der Waals surface area contributed by atoms with Gasteiger partial charge in [-0.3, -0.25) is 19.2 Å². The van der Waals surface area contributed by atoms with Crippen LogP contribution in [0.25, 0.3) is 4.85 Å². The SMILES string of the molecule is [C-]#[N+]CC1(n2cc(C(N)=O)c(NC(=O)C3CC3)n2)CCN(Cc2ccc(I)cc2)CC1. The summed E-state index contributed by atoms with van der Waals surface area (Å²) in [5.74, 6) is -0.562. The second-order valence-corrected chi connectivity index (χ2v) is 9.65. The minimum absolute atomic E-state index is 0.00687. The van der Waals surface area contributed by atoms with Crippen molar-refractivity contribution >= 4 is 40.2 Å². The van der Waals surface area contributed by atoms with Crippen molar-refractivity contribution < 1.29 is 9.59 Å². The minimum Gasteiger partial charge on any atom is -0.365 e. The van der Waals surface area contributed by atoms with Crippen molar-refractivity contribution in [1.29, 1.82) is 0 Å². The molecule has 0 radical (unpaired) electrons. The summed E-state index contributed by atoms with van der Waals surface area (Å²) in [7, 11) is 0. The first-order chi connectivity index (χ1) is 14.9. The maximum Gasteiger partial charge on any atom is 0.254 e. The third-order valence-corrected chi connectivity index (χ3v) is 6.85. The quantitative estimate of drug-likeness (QED) is 0.424. The molecule has 0 bridgehead atoms. The number of carbonyl (C=O) groups is 2. The molecule has 4 rings (SSSR count). The Morgan fingerprint density at radius 1 is 1.26 bits per heavy atom. The molecule has 1 saturated carbocycles. The van der Waals surface area contributed by atoms with E-state index in [4.69, 9.17) is 12.3 Å². The molecule has 31 heavy (non-hydrogen) atoms. The Bertz CT molecular complexity index is 1010. The summed E-state index contributed by atoms with van der Waals surface area (Å²) in [4.78, 5) is 30.2. The van der Waals surface area contributed by atoms with Crippen LogP contribution in [0.1, 0.15) is 41.6 Å². The van der Waals surface area contributed by atoms with Crippen molar-refractivity contribution in [2.45, 2.75) is 37.8 Å². The molecular formula is C22H25IN6O2. The van der Waals surface area contributed by atoms with E-state index in [1.54, 1.807) is 10.9 Å². The number of amides is 2. The van der Waals surface area contributed by atoms with Crippen LogP contribution in [0, 0.1) is 16.1 Å². The normalized spacial score (nSPS) is 18.3. The lowest BCUT2D eigenvalue weighted by molar-refractivity contribution is -0.117. The number of aromatic nitrogens is 2. The molecule has 8 nitrogen and oxygen atoms in total. The standard InChI is InChI=1S/C22H25IN6O2/c1-25-14-22(8-10-28(11-9-22)12-15-2-6-17(23)7-3-15)29-13-18(19(24)30)20(27-29)26-21(31)16-4-5-16/h2-3,6-7,13,16H,4-5,8-12,14H2,(H2,24,30)(H,26,27,31). The van der Waals surface area contributed by atoms with Crippen LogP contribution in [0.5, 0.6) is 0 Å². The van der Waals surface area contributed by atoms with Gasteiger partial charge in [0.05, 0.1) is 0 Å². The topological polar surface area (TPSA) is 97.6 Å². The van der Waals surface area contributed by atoms with Crippen LogP contribution in [-0.2, 0) is 16.9 Å². The Balaban J connectivity index is 1.51. The van der Waals surface area contributed by atoms with Crippen LogP contribution in [0.2, 0.25) is 0 Å². The molecule has 2 aromatic rings. The number of halogens is 1. The summed E-state index contributed by atoms with van der Waals surface area (Å²) >= 11 is 2.30. The fourth-order valence-corrected chi connectivity index (χ4v) is 4.40. The monoisotopic (exact) mass is 532 g/mol. The molecule has 1 aliphatic heterocycles. The van der Waals surface area contributed by atoms with Gasteiger partial charge in [0, 0.05) is 35.3 Å². The van der Waals surface area contributed by atoms with E-state index in [9.17, 15) is 9.59 Å². The van der Waals surface area contributed by atoms with E-state index in [1.807, 2.05) is 0 Å². The fourth-order valence-electron chi connectivity index (χ4n) is 4.04. The number of hydrogen-bond donors (Lipinski definition) is 2. The summed E-state index contributed by atoms with van der Waals surface area (Å²) < 4.78 is 2.92. The smallest absolute Gasteiger partial charge is 0.254 e. The average Bonchev–Trinajstić information content (AvgIpc) is 3.51. The molecule has 0 atom stereocenters. The van der Waals surface area contributed by atoms with Crippen LogP contribution in [-0.4, -0.2) is 46.1 Å². The maximum atomic E-state index is 12.2. The first kappa shape index (κ1) is 21.8. The predicted octanol–water partition coefficient (Wildman–Crippen LogP) is 2.85. The third-order valence-electron chi connectivity index (χ3n) is 6.14. The van der Waals surface area contributed by atoms with Gasteiger partial charge in [0.1, 0.15) is 11.1 Å². The zero-order valence-electron chi connectivity index (χ0n) is 17.2. The molecule has 0 spiro atoms. The number of nitrogens with zero attached hydrogens (tertiary/aromatic N) is 4. The van der Waals surface area contributed by atoms with E-state index in [1.165, 1.54) is 9.13 Å². The van der Waals surface area contributed by atoms with Gasteiger partial charge in [-0.1, -0.05) is 12.1 Å². The number of hydrogen-bond acceptors (Lipinski definition) is 4. The second kappa shape index (κ2) is 8.96. The van der Waals surface area contributed by atoms with Crippen LogP contribution in [0.15, 0.2) is 30.5 Å². The Morgan fingerprint density at radius 3 is 2.52 bits per heavy atom. The number of primary amides is 1. The van der Waals surface area contributed by atoms with Gasteiger partial charge in [-0.25, -0.2) is 6.57 Å². The third kappa shape index (κ3) is 4.91. The van der Waals surface area contributed by atoms with Gasteiger partial charge in [-0.05, 0) is 66.0 Å². The molecule has 9 heteroatoms. The second-order valence-electron chi connectivity index (χ2n) is 8.41. The summed E-state index contributed by atoms with van der Waals surface area (Å²) in [6.07, 6.45) is 4.78. The summed E-state index contributed by atoms with van der Waals surface area (Å²) in [5, 5.41) is 7.29. The average molecular weight is 532 g/mol. The molecule has 3 N–H and O–H groups in total. The van der Waals surface area contributed by atoms with Crippen LogP contribution < -0.4 is 11.1 Å². The molecule has 2 heterocycles. The molecule has 162 valence electrons. The highest BCUT2D eigenvalue weighted by Crippen LogP contribution is 2.34. The summed E-state index contributed by atoms with van der Waals surface area (Å²) in [6, 6.07) is 8.50. The highest BCUT2D eigenvalue weighted by molar-refractivity contribution is 14.1. The van der Waals surface area contributed by atoms with Crippen LogP contribution in [0.4, 0.5) is 5.82 Å².